The summed E-state index contributed by atoms with van der Waals surface area (Å²) in [5, 5.41) is 0. The fourth-order valence-corrected chi connectivity index (χ4v) is 1.94. The zero-order valence-electron chi connectivity index (χ0n) is 9.61. The lowest BCUT2D eigenvalue weighted by molar-refractivity contribution is 0.940. The van der Waals surface area contributed by atoms with Crippen molar-refractivity contribution in [1.29, 1.82) is 0 Å². The standard InChI is InChI=1S/C14H18S2/c1-11(9-12(2)16)3-4-13-5-7-14(10-15)8-6-13/h5-9,15-16H,2-4,10H2,1H3/b11-9+. The number of hydrogen-bond donors (Lipinski definition) is 2. The van der Waals surface area contributed by atoms with Crippen molar-refractivity contribution in [2.45, 2.75) is 25.5 Å². The molecule has 0 aromatic heterocycles. The van der Waals surface area contributed by atoms with E-state index in [9.17, 15) is 0 Å². The van der Waals surface area contributed by atoms with Gasteiger partial charge in [-0.25, -0.2) is 0 Å². The molecule has 0 saturated heterocycles. The molecular formula is C14H18S2. The second-order valence-electron chi connectivity index (χ2n) is 3.96. The zero-order chi connectivity index (χ0) is 12.0. The average Bonchev–Trinajstić information content (AvgIpc) is 2.26. The Morgan fingerprint density at radius 1 is 1.25 bits per heavy atom. The molecule has 1 aromatic carbocycles. The smallest absolute Gasteiger partial charge is 0.0154 e. The highest BCUT2D eigenvalue weighted by molar-refractivity contribution is 7.84. The Morgan fingerprint density at radius 3 is 2.31 bits per heavy atom. The van der Waals surface area contributed by atoms with Crippen LogP contribution in [0.2, 0.25) is 0 Å². The lowest BCUT2D eigenvalue weighted by atomic mass is 10.0. The summed E-state index contributed by atoms with van der Waals surface area (Å²) in [6, 6.07) is 8.63. The molecule has 0 spiro atoms. The first kappa shape index (κ1) is 13.5. The van der Waals surface area contributed by atoms with Gasteiger partial charge in [-0.3, -0.25) is 0 Å². The van der Waals surface area contributed by atoms with Crippen molar-refractivity contribution in [3.8, 4) is 0 Å². The van der Waals surface area contributed by atoms with Gasteiger partial charge >= 0.3 is 0 Å². The third-order valence-electron chi connectivity index (χ3n) is 2.43. The Kier molecular flexibility index (Phi) is 5.78. The summed E-state index contributed by atoms with van der Waals surface area (Å²) in [5.74, 6) is 0.804. The fourth-order valence-electron chi connectivity index (χ4n) is 1.51. The molecule has 0 nitrogen and oxygen atoms in total. The molecule has 0 radical (unpaired) electrons. The predicted molar refractivity (Wildman–Crippen MR) is 79.3 cm³/mol. The maximum Gasteiger partial charge on any atom is 0.0154 e. The summed E-state index contributed by atoms with van der Waals surface area (Å²) >= 11 is 8.40. The summed E-state index contributed by atoms with van der Waals surface area (Å²) in [6.45, 7) is 5.87. The van der Waals surface area contributed by atoms with Crippen LogP contribution in [0.3, 0.4) is 0 Å². The van der Waals surface area contributed by atoms with E-state index < -0.39 is 0 Å². The maximum absolute atomic E-state index is 4.24. The summed E-state index contributed by atoms with van der Waals surface area (Å²) < 4.78 is 0. The van der Waals surface area contributed by atoms with Crippen LogP contribution in [-0.2, 0) is 12.2 Å². The topological polar surface area (TPSA) is 0 Å². The molecule has 0 amide bonds. The summed E-state index contributed by atoms with van der Waals surface area (Å²) in [6.07, 6.45) is 4.14. The van der Waals surface area contributed by atoms with E-state index in [0.29, 0.717) is 0 Å². The minimum Gasteiger partial charge on any atom is -0.175 e. The van der Waals surface area contributed by atoms with Gasteiger partial charge in [-0.15, -0.1) is 12.6 Å². The van der Waals surface area contributed by atoms with E-state index in [2.05, 4.69) is 63.0 Å². The van der Waals surface area contributed by atoms with Crippen molar-refractivity contribution in [1.82, 2.24) is 0 Å². The number of benzene rings is 1. The second kappa shape index (κ2) is 6.87. The van der Waals surface area contributed by atoms with Crippen LogP contribution in [0.15, 0.2) is 47.4 Å². The summed E-state index contributed by atoms with van der Waals surface area (Å²) in [5.41, 5.74) is 3.95. The fraction of sp³-hybridized carbons (Fsp3) is 0.286. The minimum atomic E-state index is 0.804. The molecule has 0 heterocycles. The lowest BCUT2D eigenvalue weighted by Crippen LogP contribution is -1.87. The lowest BCUT2D eigenvalue weighted by Gasteiger charge is -2.03. The van der Waals surface area contributed by atoms with Crippen LogP contribution >= 0.6 is 25.3 Å². The second-order valence-corrected chi connectivity index (χ2v) is 4.85. The van der Waals surface area contributed by atoms with E-state index in [-0.39, 0.29) is 0 Å². The van der Waals surface area contributed by atoms with Crippen LogP contribution in [0, 0.1) is 0 Å². The van der Waals surface area contributed by atoms with Crippen molar-refractivity contribution in [3.63, 3.8) is 0 Å². The molecule has 0 saturated carbocycles. The van der Waals surface area contributed by atoms with Gasteiger partial charge in [0.2, 0.25) is 0 Å². The first-order valence-electron chi connectivity index (χ1n) is 5.35. The molecule has 1 aromatic rings. The van der Waals surface area contributed by atoms with Gasteiger partial charge in [-0.05, 0) is 35.8 Å². The normalized spacial score (nSPS) is 11.6. The number of thiol groups is 2. The van der Waals surface area contributed by atoms with Crippen LogP contribution in [0.5, 0.6) is 0 Å². The van der Waals surface area contributed by atoms with Gasteiger partial charge in [-0.1, -0.05) is 42.5 Å². The van der Waals surface area contributed by atoms with E-state index in [4.69, 9.17) is 0 Å². The van der Waals surface area contributed by atoms with Crippen LogP contribution in [-0.4, -0.2) is 0 Å². The van der Waals surface area contributed by atoms with Gasteiger partial charge in [0.25, 0.3) is 0 Å². The molecular weight excluding hydrogens is 232 g/mol. The molecule has 0 fully saturated rings. The number of allylic oxidation sites excluding steroid dienone is 2. The number of rotatable bonds is 5. The molecule has 16 heavy (non-hydrogen) atoms. The van der Waals surface area contributed by atoms with Crippen molar-refractivity contribution in [2.24, 2.45) is 0 Å². The Labute approximate surface area is 109 Å². The van der Waals surface area contributed by atoms with E-state index >= 15 is 0 Å². The predicted octanol–water partition coefficient (Wildman–Crippen LogP) is 4.44. The molecule has 0 N–H and O–H groups in total. The Morgan fingerprint density at radius 2 is 1.81 bits per heavy atom. The van der Waals surface area contributed by atoms with E-state index in [0.717, 1.165) is 23.5 Å². The van der Waals surface area contributed by atoms with Crippen molar-refractivity contribution < 1.29 is 0 Å². The Hall–Kier alpha value is -0.600. The minimum absolute atomic E-state index is 0.804. The first-order chi connectivity index (χ1) is 7.61. The highest BCUT2D eigenvalue weighted by Crippen LogP contribution is 2.13. The van der Waals surface area contributed by atoms with Crippen molar-refractivity contribution in [2.75, 3.05) is 0 Å². The monoisotopic (exact) mass is 250 g/mol. The quantitative estimate of drug-likeness (QED) is 0.560. The van der Waals surface area contributed by atoms with E-state index in [1.54, 1.807) is 0 Å². The first-order valence-corrected chi connectivity index (χ1v) is 6.43. The van der Waals surface area contributed by atoms with Crippen molar-refractivity contribution >= 4 is 25.3 Å². The molecule has 0 unspecified atom stereocenters. The highest BCUT2D eigenvalue weighted by atomic mass is 32.1. The van der Waals surface area contributed by atoms with Gasteiger partial charge in [0.05, 0.1) is 0 Å². The average molecular weight is 250 g/mol. The Balaban J connectivity index is 2.51. The summed E-state index contributed by atoms with van der Waals surface area (Å²) in [7, 11) is 0. The molecule has 0 bridgehead atoms. The third kappa shape index (κ3) is 4.95. The van der Waals surface area contributed by atoms with E-state index in [1.807, 2.05) is 6.08 Å². The molecule has 0 aliphatic rings. The van der Waals surface area contributed by atoms with Gasteiger partial charge in [0.15, 0.2) is 0 Å². The molecule has 0 aliphatic carbocycles. The molecule has 86 valence electrons. The van der Waals surface area contributed by atoms with E-state index in [1.165, 1.54) is 16.7 Å². The van der Waals surface area contributed by atoms with Gasteiger partial charge < -0.3 is 0 Å². The molecule has 1 rings (SSSR count). The SMILES string of the molecule is C=C(S)/C=C(\C)CCc1ccc(CS)cc1. The van der Waals surface area contributed by atoms with Gasteiger partial charge in [-0.2, -0.15) is 12.6 Å². The maximum atomic E-state index is 4.24. The van der Waals surface area contributed by atoms with Crippen LogP contribution < -0.4 is 0 Å². The number of aryl methyl sites for hydroxylation is 1. The van der Waals surface area contributed by atoms with Crippen LogP contribution in [0.25, 0.3) is 0 Å². The largest absolute Gasteiger partial charge is 0.175 e. The highest BCUT2D eigenvalue weighted by Gasteiger charge is 1.95. The van der Waals surface area contributed by atoms with Gasteiger partial charge in [0, 0.05) is 5.75 Å². The Bertz CT molecular complexity index is 374. The molecule has 0 aliphatic heterocycles. The molecule has 2 heteroatoms. The summed E-state index contributed by atoms with van der Waals surface area (Å²) in [4.78, 5) is 0.822. The molecule has 0 atom stereocenters. The van der Waals surface area contributed by atoms with Crippen LogP contribution in [0.4, 0.5) is 0 Å². The number of hydrogen-bond acceptors (Lipinski definition) is 2. The van der Waals surface area contributed by atoms with Gasteiger partial charge in [0.1, 0.15) is 0 Å². The van der Waals surface area contributed by atoms with Crippen molar-refractivity contribution in [3.05, 3.63) is 58.5 Å². The zero-order valence-corrected chi connectivity index (χ0v) is 11.4. The third-order valence-corrected chi connectivity index (χ3v) is 2.92. The van der Waals surface area contributed by atoms with Crippen LogP contribution in [0.1, 0.15) is 24.5 Å².